The molecule has 0 radical (unpaired) electrons. The van der Waals surface area contributed by atoms with Gasteiger partial charge in [-0.1, -0.05) is 29.3 Å². The topological polar surface area (TPSA) is 116 Å². The largest absolute Gasteiger partial charge is 0.454 e. The molecule has 1 aromatic heterocycles. The van der Waals surface area contributed by atoms with Gasteiger partial charge in [0, 0.05) is 16.7 Å². The zero-order valence-corrected chi connectivity index (χ0v) is 18.6. The summed E-state index contributed by atoms with van der Waals surface area (Å²) in [4.78, 5) is 12.4. The molecule has 0 saturated carbocycles. The maximum absolute atomic E-state index is 12.4. The number of nitrogens with zero attached hydrogens (tertiary/aromatic N) is 4. The fourth-order valence-corrected chi connectivity index (χ4v) is 3.85. The molecule has 2 aromatic carbocycles. The molecule has 0 unspecified atom stereocenters. The van der Waals surface area contributed by atoms with Gasteiger partial charge >= 0.3 is 5.97 Å². The monoisotopic (exact) mass is 493 g/mol. The normalized spacial score (nSPS) is 11.3. The van der Waals surface area contributed by atoms with Crippen LogP contribution in [0, 0.1) is 0 Å². The van der Waals surface area contributed by atoms with E-state index >= 15 is 0 Å². The highest BCUT2D eigenvalue weighted by Gasteiger charge is 2.15. The van der Waals surface area contributed by atoms with Gasteiger partial charge in [0.05, 0.1) is 10.5 Å². The van der Waals surface area contributed by atoms with E-state index in [2.05, 4.69) is 43.1 Å². The van der Waals surface area contributed by atoms with Crippen LogP contribution in [0.1, 0.15) is 35.9 Å². The number of tetrazole rings is 1. The number of hydrogen-bond donors (Lipinski definition) is 1. The Hall–Kier alpha value is -2.79. The number of benzene rings is 2. The summed E-state index contributed by atoms with van der Waals surface area (Å²) in [5.41, 5.74) is 0.618. The molecular formula is C19H20BrN5O4S. The molecule has 0 fully saturated rings. The van der Waals surface area contributed by atoms with E-state index in [0.717, 1.165) is 17.3 Å². The molecule has 0 aliphatic heterocycles. The van der Waals surface area contributed by atoms with E-state index < -0.39 is 16.0 Å². The van der Waals surface area contributed by atoms with Crippen LogP contribution in [-0.4, -0.2) is 34.6 Å². The van der Waals surface area contributed by atoms with Gasteiger partial charge in [-0.15, -0.1) is 5.10 Å². The van der Waals surface area contributed by atoms with E-state index in [1.54, 1.807) is 16.8 Å². The van der Waals surface area contributed by atoms with Crippen molar-refractivity contribution < 1.29 is 17.9 Å². The summed E-state index contributed by atoms with van der Waals surface area (Å²) < 4.78 is 35.0. The van der Waals surface area contributed by atoms with Crippen LogP contribution in [0.5, 0.6) is 0 Å². The molecule has 30 heavy (non-hydrogen) atoms. The Morgan fingerprint density at radius 2 is 1.83 bits per heavy atom. The Morgan fingerprint density at radius 1 is 1.13 bits per heavy atom. The SMILES string of the molecule is CCCCn1nnnc1COC(=O)c1ccc(NS(=O)(=O)c2ccc(Br)cc2)cc1. The van der Waals surface area contributed by atoms with Crippen LogP contribution in [-0.2, 0) is 27.9 Å². The number of sulfonamides is 1. The van der Waals surface area contributed by atoms with Crippen LogP contribution >= 0.6 is 15.9 Å². The lowest BCUT2D eigenvalue weighted by atomic mass is 10.2. The summed E-state index contributed by atoms with van der Waals surface area (Å²) in [6.45, 7) is 2.67. The lowest BCUT2D eigenvalue weighted by molar-refractivity contribution is 0.0456. The highest BCUT2D eigenvalue weighted by atomic mass is 79.9. The van der Waals surface area contributed by atoms with Crippen molar-refractivity contribution >= 4 is 37.6 Å². The molecule has 0 aliphatic carbocycles. The number of rotatable bonds is 9. The first kappa shape index (κ1) is 21.9. The molecule has 0 atom stereocenters. The van der Waals surface area contributed by atoms with Crippen molar-refractivity contribution in [2.75, 3.05) is 4.72 Å². The van der Waals surface area contributed by atoms with Crippen molar-refractivity contribution in [3.63, 3.8) is 0 Å². The van der Waals surface area contributed by atoms with Gasteiger partial charge in [-0.3, -0.25) is 4.72 Å². The molecule has 158 valence electrons. The number of aryl methyl sites for hydroxylation is 1. The molecule has 0 amide bonds. The van der Waals surface area contributed by atoms with E-state index in [4.69, 9.17) is 4.74 Å². The minimum atomic E-state index is -3.73. The number of anilines is 1. The van der Waals surface area contributed by atoms with E-state index in [1.807, 2.05) is 0 Å². The summed E-state index contributed by atoms with van der Waals surface area (Å²) in [5, 5.41) is 11.3. The fourth-order valence-electron chi connectivity index (χ4n) is 2.52. The van der Waals surface area contributed by atoms with Crippen molar-refractivity contribution in [2.24, 2.45) is 0 Å². The smallest absolute Gasteiger partial charge is 0.338 e. The maximum Gasteiger partial charge on any atom is 0.338 e. The van der Waals surface area contributed by atoms with E-state index in [0.29, 0.717) is 18.1 Å². The van der Waals surface area contributed by atoms with Gasteiger partial charge in [-0.2, -0.15) is 0 Å². The molecule has 0 spiro atoms. The second kappa shape index (κ2) is 9.81. The Morgan fingerprint density at radius 3 is 2.50 bits per heavy atom. The lowest BCUT2D eigenvalue weighted by Gasteiger charge is -2.09. The summed E-state index contributed by atoms with van der Waals surface area (Å²) in [6, 6.07) is 12.2. The molecule has 11 heteroatoms. The molecule has 0 saturated heterocycles. The van der Waals surface area contributed by atoms with Crippen LogP contribution in [0.2, 0.25) is 0 Å². The van der Waals surface area contributed by atoms with Gasteiger partial charge in [0.1, 0.15) is 0 Å². The van der Waals surface area contributed by atoms with Gasteiger partial charge in [0.2, 0.25) is 0 Å². The van der Waals surface area contributed by atoms with Crippen molar-refractivity contribution in [3.05, 3.63) is 64.4 Å². The maximum atomic E-state index is 12.4. The standard InChI is InChI=1S/C19H20BrN5O4S/c1-2-3-12-25-18(21-23-24-25)13-29-19(26)14-4-8-16(9-5-14)22-30(27,28)17-10-6-15(20)7-11-17/h4-11,22H,2-3,12-13H2,1H3. The highest BCUT2D eigenvalue weighted by Crippen LogP contribution is 2.19. The number of carbonyl (C=O) groups excluding carboxylic acids is 1. The summed E-state index contributed by atoms with van der Waals surface area (Å²) >= 11 is 3.27. The molecular weight excluding hydrogens is 474 g/mol. The molecule has 3 aromatic rings. The van der Waals surface area contributed by atoms with Crippen molar-refractivity contribution in [1.29, 1.82) is 0 Å². The second-order valence-electron chi connectivity index (χ2n) is 6.38. The average molecular weight is 494 g/mol. The van der Waals surface area contributed by atoms with Crippen molar-refractivity contribution in [2.45, 2.75) is 37.8 Å². The van der Waals surface area contributed by atoms with Gasteiger partial charge in [0.15, 0.2) is 12.4 Å². The fraction of sp³-hybridized carbons (Fsp3) is 0.263. The first-order chi connectivity index (χ1) is 14.4. The number of nitrogens with one attached hydrogen (secondary N) is 1. The third-order valence-electron chi connectivity index (χ3n) is 4.16. The van der Waals surface area contributed by atoms with Crippen LogP contribution in [0.3, 0.4) is 0 Å². The predicted octanol–water partition coefficient (Wildman–Crippen LogP) is 3.39. The average Bonchev–Trinajstić information content (AvgIpc) is 3.18. The van der Waals surface area contributed by atoms with E-state index in [9.17, 15) is 13.2 Å². The van der Waals surface area contributed by atoms with Crippen molar-refractivity contribution in [1.82, 2.24) is 20.2 Å². The number of hydrogen-bond acceptors (Lipinski definition) is 7. The quantitative estimate of drug-likeness (QED) is 0.454. The Bertz CT molecular complexity index is 1100. The lowest BCUT2D eigenvalue weighted by Crippen LogP contribution is -2.13. The van der Waals surface area contributed by atoms with Crippen molar-refractivity contribution in [3.8, 4) is 0 Å². The van der Waals surface area contributed by atoms with Gasteiger partial charge in [0.25, 0.3) is 10.0 Å². The van der Waals surface area contributed by atoms with Crippen LogP contribution < -0.4 is 4.72 Å². The molecule has 0 bridgehead atoms. The molecule has 3 rings (SSSR count). The van der Waals surface area contributed by atoms with Crippen LogP contribution in [0.15, 0.2) is 57.9 Å². The third kappa shape index (κ3) is 5.63. The Labute approximate surface area is 182 Å². The minimum Gasteiger partial charge on any atom is -0.454 e. The first-order valence-corrected chi connectivity index (χ1v) is 11.5. The van der Waals surface area contributed by atoms with Gasteiger partial charge < -0.3 is 4.74 Å². The number of carbonyl (C=O) groups is 1. The summed E-state index contributed by atoms with van der Waals surface area (Å²) in [7, 11) is -3.73. The van der Waals surface area contributed by atoms with E-state index in [1.165, 1.54) is 36.4 Å². The molecule has 9 nitrogen and oxygen atoms in total. The third-order valence-corrected chi connectivity index (χ3v) is 6.08. The van der Waals surface area contributed by atoms with E-state index in [-0.39, 0.29) is 17.1 Å². The number of aromatic nitrogens is 4. The molecule has 0 aliphatic rings. The van der Waals surface area contributed by atoms with Crippen LogP contribution in [0.4, 0.5) is 5.69 Å². The van der Waals surface area contributed by atoms with Crippen LogP contribution in [0.25, 0.3) is 0 Å². The summed E-state index contributed by atoms with van der Waals surface area (Å²) in [6.07, 6.45) is 1.92. The number of ether oxygens (including phenoxy) is 1. The predicted molar refractivity (Wildman–Crippen MR) is 113 cm³/mol. The first-order valence-electron chi connectivity index (χ1n) is 9.19. The Balaban J connectivity index is 1.60. The number of unbranched alkanes of at least 4 members (excludes halogenated alkanes) is 1. The zero-order valence-electron chi connectivity index (χ0n) is 16.2. The molecule has 1 N–H and O–H groups in total. The Kier molecular flexibility index (Phi) is 7.16. The zero-order chi connectivity index (χ0) is 21.6. The summed E-state index contributed by atoms with van der Waals surface area (Å²) in [5.74, 6) is -0.0852. The minimum absolute atomic E-state index is 0.0481. The molecule has 1 heterocycles. The second-order valence-corrected chi connectivity index (χ2v) is 8.98. The number of esters is 1. The number of halogens is 1. The highest BCUT2D eigenvalue weighted by molar-refractivity contribution is 9.10. The van der Waals surface area contributed by atoms with Gasteiger partial charge in [-0.05, 0) is 65.4 Å². The van der Waals surface area contributed by atoms with Gasteiger partial charge in [-0.25, -0.2) is 17.9 Å².